The average Bonchev–Trinajstić information content (AvgIpc) is 3.49. The predicted molar refractivity (Wildman–Crippen MR) is 126 cm³/mol. The fraction of sp³-hybridized carbons (Fsp3) is 0.545. The van der Waals surface area contributed by atoms with E-state index in [9.17, 15) is 13.2 Å². The minimum atomic E-state index is -4.23. The summed E-state index contributed by atoms with van der Waals surface area (Å²) in [6.45, 7) is 2.61. The number of carbonyl (C=O) groups is 1. The van der Waals surface area contributed by atoms with Gasteiger partial charge in [0.1, 0.15) is 0 Å². The SMILES string of the molecule is Cc1cc(N(C2CCOCC2)S(=O)(=O)NC(=O)Nc2c3c(cc4c2CCC4)CCC3)on1.[NaH]. The van der Waals surface area contributed by atoms with E-state index in [0.29, 0.717) is 31.7 Å². The van der Waals surface area contributed by atoms with Gasteiger partial charge in [-0.15, -0.1) is 0 Å². The minimum absolute atomic E-state index is 0. The second-order valence-corrected chi connectivity index (χ2v) is 10.3. The first-order valence-electron chi connectivity index (χ1n) is 11.2. The number of hydrogen-bond acceptors (Lipinski definition) is 6. The number of anilines is 2. The summed E-state index contributed by atoms with van der Waals surface area (Å²) in [5.74, 6) is 0.0937. The monoisotopic (exact) mass is 484 g/mol. The molecule has 2 aliphatic carbocycles. The Labute approximate surface area is 216 Å². The molecule has 0 saturated carbocycles. The van der Waals surface area contributed by atoms with Crippen molar-refractivity contribution in [2.75, 3.05) is 22.8 Å². The van der Waals surface area contributed by atoms with Crippen LogP contribution in [0.25, 0.3) is 0 Å². The van der Waals surface area contributed by atoms with Crippen molar-refractivity contribution in [1.29, 1.82) is 0 Å². The van der Waals surface area contributed by atoms with Crippen molar-refractivity contribution in [3.05, 3.63) is 40.1 Å². The number of hydrogen-bond donors (Lipinski definition) is 2. The second kappa shape index (κ2) is 9.95. The van der Waals surface area contributed by atoms with Gasteiger partial charge in [0.25, 0.3) is 0 Å². The molecule has 0 unspecified atom stereocenters. The zero-order valence-corrected chi connectivity index (χ0v) is 19.0. The third kappa shape index (κ3) is 4.95. The summed E-state index contributed by atoms with van der Waals surface area (Å²) in [5, 5.41) is 6.72. The first kappa shape index (κ1) is 24.5. The zero-order chi connectivity index (χ0) is 22.3. The molecule has 1 aliphatic heterocycles. The van der Waals surface area contributed by atoms with Crippen LogP contribution in [0, 0.1) is 6.92 Å². The van der Waals surface area contributed by atoms with Crippen LogP contribution in [-0.4, -0.2) is 68.4 Å². The summed E-state index contributed by atoms with van der Waals surface area (Å²) < 4.78 is 40.7. The molecule has 3 aliphatic rings. The maximum atomic E-state index is 13.3. The van der Waals surface area contributed by atoms with Crippen LogP contribution in [0.2, 0.25) is 0 Å². The number of benzene rings is 1. The fourth-order valence-corrected chi connectivity index (χ4v) is 6.45. The Kier molecular flexibility index (Phi) is 7.40. The molecule has 174 valence electrons. The number of aryl methyl sites for hydroxylation is 3. The van der Waals surface area contributed by atoms with Gasteiger partial charge in [-0.2, -0.15) is 8.42 Å². The summed E-state index contributed by atoms with van der Waals surface area (Å²) in [4.78, 5) is 13.0. The molecule has 33 heavy (non-hydrogen) atoms. The molecular weight excluding hydrogens is 455 g/mol. The fourth-order valence-electron chi connectivity index (χ4n) is 5.14. The number of urea groups is 1. The molecule has 5 rings (SSSR count). The van der Waals surface area contributed by atoms with Crippen molar-refractivity contribution in [3.63, 3.8) is 0 Å². The second-order valence-electron chi connectivity index (χ2n) is 8.74. The summed E-state index contributed by atoms with van der Waals surface area (Å²) >= 11 is 0. The number of amides is 2. The molecule has 1 aromatic heterocycles. The van der Waals surface area contributed by atoms with E-state index >= 15 is 0 Å². The van der Waals surface area contributed by atoms with Gasteiger partial charge in [0.15, 0.2) is 0 Å². The van der Waals surface area contributed by atoms with Gasteiger partial charge in [0.05, 0.1) is 11.7 Å². The van der Waals surface area contributed by atoms with E-state index in [-0.39, 0.29) is 41.5 Å². The molecule has 2 amide bonds. The Morgan fingerprint density at radius 2 is 1.70 bits per heavy atom. The van der Waals surface area contributed by atoms with Crippen molar-refractivity contribution in [3.8, 4) is 0 Å². The Hall–Kier alpha value is -1.59. The molecule has 1 aromatic carbocycles. The van der Waals surface area contributed by atoms with E-state index in [1.807, 2.05) is 0 Å². The quantitative estimate of drug-likeness (QED) is 0.630. The normalized spacial score (nSPS) is 17.7. The van der Waals surface area contributed by atoms with Crippen molar-refractivity contribution >= 4 is 57.4 Å². The van der Waals surface area contributed by atoms with Gasteiger partial charge in [-0.1, -0.05) is 11.2 Å². The number of nitrogens with zero attached hydrogens (tertiary/aromatic N) is 2. The molecular formula is C22H29N4NaO5S. The van der Waals surface area contributed by atoms with Crippen LogP contribution in [0.15, 0.2) is 16.7 Å². The van der Waals surface area contributed by atoms with E-state index in [4.69, 9.17) is 9.26 Å². The molecule has 11 heteroatoms. The first-order chi connectivity index (χ1) is 15.4. The van der Waals surface area contributed by atoms with Gasteiger partial charge in [-0.25, -0.2) is 13.8 Å². The molecule has 1 fully saturated rings. The summed E-state index contributed by atoms with van der Waals surface area (Å²) in [6, 6.07) is 2.69. The number of rotatable bonds is 5. The van der Waals surface area contributed by atoms with Gasteiger partial charge >= 0.3 is 45.8 Å². The zero-order valence-electron chi connectivity index (χ0n) is 18.1. The number of ether oxygens (including phenoxy) is 1. The van der Waals surface area contributed by atoms with Crippen LogP contribution >= 0.6 is 0 Å². The van der Waals surface area contributed by atoms with E-state index in [2.05, 4.69) is 21.3 Å². The van der Waals surface area contributed by atoms with Crippen LogP contribution < -0.4 is 14.3 Å². The first-order valence-corrected chi connectivity index (χ1v) is 12.7. The molecule has 0 spiro atoms. The van der Waals surface area contributed by atoms with Crippen LogP contribution in [-0.2, 0) is 40.6 Å². The Bertz CT molecular complexity index is 1110. The van der Waals surface area contributed by atoms with Crippen LogP contribution in [0.4, 0.5) is 16.4 Å². The van der Waals surface area contributed by atoms with Gasteiger partial charge in [0.2, 0.25) is 5.88 Å². The molecule has 1 saturated heterocycles. The topological polar surface area (TPSA) is 114 Å². The van der Waals surface area contributed by atoms with Gasteiger partial charge in [-0.05, 0) is 80.5 Å². The van der Waals surface area contributed by atoms with Crippen molar-refractivity contribution in [1.82, 2.24) is 9.88 Å². The van der Waals surface area contributed by atoms with Crippen molar-refractivity contribution in [2.24, 2.45) is 0 Å². The van der Waals surface area contributed by atoms with Crippen molar-refractivity contribution in [2.45, 2.75) is 64.3 Å². The molecule has 0 atom stereocenters. The van der Waals surface area contributed by atoms with Crippen LogP contribution in [0.1, 0.15) is 53.6 Å². The molecule has 2 aromatic rings. The average molecular weight is 485 g/mol. The third-order valence-electron chi connectivity index (χ3n) is 6.55. The summed E-state index contributed by atoms with van der Waals surface area (Å²) in [5.41, 5.74) is 6.19. The van der Waals surface area contributed by atoms with Crippen LogP contribution in [0.5, 0.6) is 0 Å². The third-order valence-corrected chi connectivity index (χ3v) is 7.99. The molecule has 0 bridgehead atoms. The Morgan fingerprint density at radius 3 is 2.27 bits per heavy atom. The van der Waals surface area contributed by atoms with Gasteiger partial charge < -0.3 is 14.6 Å². The van der Waals surface area contributed by atoms with E-state index in [1.165, 1.54) is 11.1 Å². The van der Waals surface area contributed by atoms with Crippen LogP contribution in [0.3, 0.4) is 0 Å². The summed E-state index contributed by atoms with van der Waals surface area (Å²) in [6.07, 6.45) is 6.90. The molecule has 2 heterocycles. The number of fused-ring (bicyclic) bond motifs is 2. The number of carbonyl (C=O) groups excluding carboxylic acids is 1. The van der Waals surface area contributed by atoms with Crippen molar-refractivity contribution < 1.29 is 22.5 Å². The van der Waals surface area contributed by atoms with E-state index < -0.39 is 16.2 Å². The number of nitrogens with one attached hydrogen (secondary N) is 2. The van der Waals surface area contributed by atoms with Gasteiger partial charge in [0, 0.05) is 25.0 Å². The Balaban J connectivity index is 0.00000259. The standard InChI is InChI=1S/C22H28N4O5S.Na.H/c1-14-12-20(31-24-14)26(17-8-10-30-11-9-17)32(28,29)25-22(27)23-21-18-6-2-4-15(18)13-16-5-3-7-19(16)21;;/h12-13,17H,2-11H2,1H3,(H2,23,25,27);;. The summed E-state index contributed by atoms with van der Waals surface area (Å²) in [7, 11) is -4.23. The van der Waals surface area contributed by atoms with E-state index in [1.54, 1.807) is 13.0 Å². The molecule has 0 radical (unpaired) electrons. The maximum absolute atomic E-state index is 13.3. The molecule has 9 nitrogen and oxygen atoms in total. The predicted octanol–water partition coefficient (Wildman–Crippen LogP) is 2.36. The van der Waals surface area contributed by atoms with E-state index in [0.717, 1.165) is 59.6 Å². The Morgan fingerprint density at radius 1 is 1.06 bits per heavy atom. The molecule has 2 N–H and O–H groups in total. The number of aromatic nitrogens is 1. The van der Waals surface area contributed by atoms with Gasteiger partial charge in [-0.3, -0.25) is 0 Å².